The Morgan fingerprint density at radius 1 is 1.17 bits per heavy atom. The fourth-order valence-corrected chi connectivity index (χ4v) is 3.09. The number of hydrogen-bond donors (Lipinski definition) is 2. The van der Waals surface area contributed by atoms with Crippen LogP contribution < -0.4 is 10.0 Å². The van der Waals surface area contributed by atoms with E-state index in [0.717, 1.165) is 4.31 Å². The predicted octanol–water partition coefficient (Wildman–Crippen LogP) is 0.348. The van der Waals surface area contributed by atoms with Gasteiger partial charge in [-0.2, -0.15) is 0 Å². The molecule has 2 aromatic rings. The van der Waals surface area contributed by atoms with Crippen molar-refractivity contribution in [1.29, 1.82) is 0 Å². The van der Waals surface area contributed by atoms with E-state index in [2.05, 4.69) is 9.97 Å². The van der Waals surface area contributed by atoms with E-state index < -0.39 is 16.0 Å². The third-order valence-electron chi connectivity index (χ3n) is 2.77. The second-order valence-electron chi connectivity index (χ2n) is 4.34. The average Bonchev–Trinajstić information content (AvgIpc) is 2.48. The molecular weight excluding hydrogens is 331 g/mol. The van der Waals surface area contributed by atoms with Crippen LogP contribution in [0.3, 0.4) is 0 Å². The number of nitrogen functional groups attached to an aromatic ring is 1. The van der Waals surface area contributed by atoms with Crippen LogP contribution in [0.5, 0.6) is 0 Å². The number of aliphatic carboxylic acids is 1. The molecule has 0 saturated carbocycles. The Kier molecular flexibility index (Phi) is 6.95. The number of carboxylic acid groups (broad SMARTS) is 1. The summed E-state index contributed by atoms with van der Waals surface area (Å²) in [6.07, 6.45) is 2.40. The number of nitrogens with two attached hydrogens (primary N) is 1. The molecule has 0 aliphatic heterocycles. The number of aromatic nitrogens is 2. The number of sulfonamides is 1. The molecule has 0 fully saturated rings. The normalized spacial score (nSPS) is 10.6. The van der Waals surface area contributed by atoms with Crippen LogP contribution in [-0.2, 0) is 14.8 Å². The third-order valence-corrected chi connectivity index (χ3v) is 4.57. The zero-order chi connectivity index (χ0) is 16.2. The van der Waals surface area contributed by atoms with Crippen LogP contribution in [0, 0.1) is 0 Å². The van der Waals surface area contributed by atoms with E-state index in [1.54, 1.807) is 0 Å². The van der Waals surface area contributed by atoms with Crippen LogP contribution in [0.1, 0.15) is 6.42 Å². The fourth-order valence-electron chi connectivity index (χ4n) is 1.71. The fraction of sp³-hybridized carbons (Fsp3) is 0.154. The van der Waals surface area contributed by atoms with Crippen LogP contribution >= 0.6 is 0 Å². The number of carboxylic acids is 1. The molecule has 1 aromatic heterocycles. The Balaban J connectivity index is 0.00000264. The van der Waals surface area contributed by atoms with Crippen molar-refractivity contribution in [2.45, 2.75) is 11.3 Å². The van der Waals surface area contributed by atoms with E-state index in [-0.39, 0.29) is 53.4 Å². The molecule has 117 valence electrons. The quantitative estimate of drug-likeness (QED) is 0.571. The topological polar surface area (TPSA) is 126 Å². The van der Waals surface area contributed by atoms with Crippen LogP contribution in [0.4, 0.5) is 11.6 Å². The summed E-state index contributed by atoms with van der Waals surface area (Å²) >= 11 is 0. The summed E-state index contributed by atoms with van der Waals surface area (Å²) in [6, 6.07) is 7.14. The van der Waals surface area contributed by atoms with Gasteiger partial charge in [0.2, 0.25) is 5.95 Å². The van der Waals surface area contributed by atoms with Gasteiger partial charge in [0.25, 0.3) is 10.0 Å². The van der Waals surface area contributed by atoms with Crippen LogP contribution in [0.2, 0.25) is 0 Å². The second-order valence-corrected chi connectivity index (χ2v) is 6.20. The van der Waals surface area contributed by atoms with E-state index >= 15 is 0 Å². The summed E-state index contributed by atoms with van der Waals surface area (Å²) in [6.45, 7) is -0.272. The maximum absolute atomic E-state index is 12.7. The molecule has 23 heavy (non-hydrogen) atoms. The first kappa shape index (κ1) is 19.4. The standard InChI is InChI=1S/C13H14N4O4S.Na/c14-10-2-4-11(5-3-10)22(20,21)17(9-6-12(18)19)13-15-7-1-8-16-13;/h1-5,7-8H,6,9,14H2,(H,18,19);. The molecule has 10 heteroatoms. The van der Waals surface area contributed by atoms with E-state index in [4.69, 9.17) is 10.8 Å². The number of benzene rings is 1. The van der Waals surface area contributed by atoms with E-state index in [9.17, 15) is 13.2 Å². The summed E-state index contributed by atoms with van der Waals surface area (Å²) < 4.78 is 26.2. The first-order chi connectivity index (χ1) is 10.4. The smallest absolute Gasteiger partial charge is 0.305 e. The molecule has 0 saturated heterocycles. The molecule has 0 amide bonds. The van der Waals surface area contributed by atoms with Gasteiger partial charge in [-0.15, -0.1) is 0 Å². The molecule has 0 unspecified atom stereocenters. The predicted molar refractivity (Wildman–Crippen MR) is 85.4 cm³/mol. The molecule has 1 aromatic carbocycles. The summed E-state index contributed by atoms with van der Waals surface area (Å²) in [5.41, 5.74) is 5.97. The van der Waals surface area contributed by atoms with Gasteiger partial charge >= 0.3 is 5.97 Å². The molecule has 2 rings (SSSR count). The Labute approximate surface area is 155 Å². The van der Waals surface area contributed by atoms with Crippen LogP contribution in [0.25, 0.3) is 0 Å². The molecule has 0 aliphatic rings. The summed E-state index contributed by atoms with van der Waals surface area (Å²) in [7, 11) is -3.98. The van der Waals surface area contributed by atoms with Gasteiger partial charge < -0.3 is 10.8 Å². The van der Waals surface area contributed by atoms with Crippen LogP contribution in [0.15, 0.2) is 47.6 Å². The van der Waals surface area contributed by atoms with Crippen molar-refractivity contribution in [3.8, 4) is 0 Å². The SMILES string of the molecule is Nc1ccc(S(=O)(=O)N(CCC(=O)O)c2ncccn2)cc1.[Na]. The number of anilines is 2. The molecular formula is C13H14N4NaO4S. The average molecular weight is 345 g/mol. The minimum absolute atomic E-state index is 0. The minimum atomic E-state index is -3.98. The van der Waals surface area contributed by atoms with Crippen LogP contribution in [-0.4, -0.2) is 65.6 Å². The summed E-state index contributed by atoms with van der Waals surface area (Å²) in [5, 5.41) is 8.80. The Bertz CT molecular complexity index is 753. The van der Waals surface area contributed by atoms with Gasteiger partial charge in [-0.1, -0.05) is 0 Å². The zero-order valence-corrected chi connectivity index (χ0v) is 15.3. The van der Waals surface area contributed by atoms with Gasteiger partial charge in [0, 0.05) is 54.2 Å². The van der Waals surface area contributed by atoms with Crippen molar-refractivity contribution in [1.82, 2.24) is 9.97 Å². The largest absolute Gasteiger partial charge is 0.481 e. The molecule has 0 atom stereocenters. The minimum Gasteiger partial charge on any atom is -0.481 e. The Hall–Kier alpha value is -1.68. The van der Waals surface area contributed by atoms with E-state index in [1.807, 2.05) is 0 Å². The molecule has 0 bridgehead atoms. The van der Waals surface area contributed by atoms with Crippen molar-refractivity contribution in [2.75, 3.05) is 16.6 Å². The number of hydrogen-bond acceptors (Lipinski definition) is 6. The Morgan fingerprint density at radius 3 is 2.26 bits per heavy atom. The molecule has 3 N–H and O–H groups in total. The molecule has 0 spiro atoms. The molecule has 0 aliphatic carbocycles. The number of nitrogens with zero attached hydrogens (tertiary/aromatic N) is 3. The monoisotopic (exact) mass is 345 g/mol. The molecule has 1 heterocycles. The van der Waals surface area contributed by atoms with Crippen molar-refractivity contribution < 1.29 is 18.3 Å². The van der Waals surface area contributed by atoms with Gasteiger partial charge in [0.15, 0.2) is 0 Å². The molecule has 1 radical (unpaired) electrons. The first-order valence-corrected chi connectivity index (χ1v) is 7.72. The zero-order valence-electron chi connectivity index (χ0n) is 12.5. The summed E-state index contributed by atoms with van der Waals surface area (Å²) in [4.78, 5) is 18.5. The Morgan fingerprint density at radius 2 is 1.74 bits per heavy atom. The maximum atomic E-state index is 12.7. The van der Waals surface area contributed by atoms with Crippen molar-refractivity contribution in [3.05, 3.63) is 42.7 Å². The van der Waals surface area contributed by atoms with Gasteiger partial charge in [-0.3, -0.25) is 4.79 Å². The van der Waals surface area contributed by atoms with Gasteiger partial charge in [0.05, 0.1) is 11.3 Å². The number of carbonyl (C=O) groups is 1. The van der Waals surface area contributed by atoms with E-state index in [1.165, 1.54) is 42.7 Å². The first-order valence-electron chi connectivity index (χ1n) is 6.28. The van der Waals surface area contributed by atoms with E-state index in [0.29, 0.717) is 5.69 Å². The number of rotatable bonds is 6. The third kappa shape index (κ3) is 4.90. The van der Waals surface area contributed by atoms with Crippen molar-refractivity contribution >= 4 is 57.2 Å². The second kappa shape index (κ2) is 8.25. The van der Waals surface area contributed by atoms with Gasteiger partial charge in [-0.25, -0.2) is 22.7 Å². The van der Waals surface area contributed by atoms with Gasteiger partial charge in [0.1, 0.15) is 0 Å². The van der Waals surface area contributed by atoms with Crippen molar-refractivity contribution in [2.24, 2.45) is 0 Å². The maximum Gasteiger partial charge on any atom is 0.305 e. The summed E-state index contributed by atoms with van der Waals surface area (Å²) in [5.74, 6) is -1.20. The van der Waals surface area contributed by atoms with Gasteiger partial charge in [-0.05, 0) is 30.3 Å². The molecule has 8 nitrogen and oxygen atoms in total. The van der Waals surface area contributed by atoms with Crippen molar-refractivity contribution in [3.63, 3.8) is 0 Å².